The number of nitrogens with one attached hydrogen (secondary N) is 1. The molecule has 0 saturated carbocycles. The van der Waals surface area contributed by atoms with Crippen molar-refractivity contribution < 1.29 is 9.53 Å². The number of likely N-dealkylation sites (N-methyl/N-ethyl adjacent to an activating group) is 1. The highest BCUT2D eigenvalue weighted by atomic mass is 16.5. The minimum absolute atomic E-state index is 0.165. The summed E-state index contributed by atoms with van der Waals surface area (Å²) in [5.74, 6) is 0.165. The highest BCUT2D eigenvalue weighted by Crippen LogP contribution is 2.20. The zero-order valence-corrected chi connectivity index (χ0v) is 15.7. The molecule has 1 amide bonds. The van der Waals surface area contributed by atoms with E-state index in [0.717, 1.165) is 51.1 Å². The first-order valence-corrected chi connectivity index (χ1v) is 9.49. The first-order valence-electron chi connectivity index (χ1n) is 9.49. The van der Waals surface area contributed by atoms with Gasteiger partial charge in [-0.1, -0.05) is 12.1 Å². The molecule has 2 aliphatic heterocycles. The largest absolute Gasteiger partial charge is 0.373 e. The van der Waals surface area contributed by atoms with Crippen molar-refractivity contribution >= 4 is 5.91 Å². The smallest absolute Gasteiger partial charge is 0.254 e. The van der Waals surface area contributed by atoms with Crippen LogP contribution in [0, 0.1) is 0 Å². The van der Waals surface area contributed by atoms with Crippen molar-refractivity contribution in [1.29, 1.82) is 0 Å². The molecule has 5 heteroatoms. The lowest BCUT2D eigenvalue weighted by atomic mass is 10.1. The van der Waals surface area contributed by atoms with Gasteiger partial charge >= 0.3 is 0 Å². The minimum atomic E-state index is 0.165. The van der Waals surface area contributed by atoms with Crippen LogP contribution in [0.2, 0.25) is 0 Å². The molecular weight excluding hydrogens is 314 g/mol. The Kier molecular flexibility index (Phi) is 6.10. The van der Waals surface area contributed by atoms with Gasteiger partial charge < -0.3 is 15.0 Å². The molecule has 1 N–H and O–H groups in total. The second kappa shape index (κ2) is 8.30. The van der Waals surface area contributed by atoms with Gasteiger partial charge in [-0.15, -0.1) is 0 Å². The fourth-order valence-corrected chi connectivity index (χ4v) is 4.14. The predicted octanol–water partition coefficient (Wildman–Crippen LogP) is 2.12. The van der Waals surface area contributed by atoms with Gasteiger partial charge in [0.15, 0.2) is 0 Å². The lowest BCUT2D eigenvalue weighted by Gasteiger charge is -2.35. The van der Waals surface area contributed by atoms with Gasteiger partial charge in [-0.3, -0.25) is 9.69 Å². The van der Waals surface area contributed by atoms with Gasteiger partial charge in [0.25, 0.3) is 5.91 Å². The van der Waals surface area contributed by atoms with Gasteiger partial charge in [-0.05, 0) is 51.4 Å². The second-order valence-electron chi connectivity index (χ2n) is 7.50. The number of benzene rings is 1. The first kappa shape index (κ1) is 18.4. The van der Waals surface area contributed by atoms with E-state index in [4.69, 9.17) is 4.74 Å². The summed E-state index contributed by atoms with van der Waals surface area (Å²) in [6.45, 7) is 8.84. The van der Waals surface area contributed by atoms with Gasteiger partial charge in [0.2, 0.25) is 0 Å². The number of morpholine rings is 1. The molecule has 1 aromatic carbocycles. The number of hydrogen-bond donors (Lipinski definition) is 1. The van der Waals surface area contributed by atoms with Gasteiger partial charge in [0, 0.05) is 44.3 Å². The predicted molar refractivity (Wildman–Crippen MR) is 99.7 cm³/mol. The fraction of sp³-hybridized carbons (Fsp3) is 0.650. The van der Waals surface area contributed by atoms with E-state index in [9.17, 15) is 4.79 Å². The van der Waals surface area contributed by atoms with Crippen LogP contribution >= 0.6 is 0 Å². The molecule has 138 valence electrons. The molecule has 2 aliphatic rings. The Bertz CT molecular complexity index is 565. The van der Waals surface area contributed by atoms with Crippen LogP contribution in [0.15, 0.2) is 24.3 Å². The van der Waals surface area contributed by atoms with Crippen LogP contribution in [0.25, 0.3) is 0 Å². The van der Waals surface area contributed by atoms with E-state index in [1.54, 1.807) is 0 Å². The van der Waals surface area contributed by atoms with Gasteiger partial charge in [0.1, 0.15) is 0 Å². The summed E-state index contributed by atoms with van der Waals surface area (Å²) in [4.78, 5) is 17.2. The third kappa shape index (κ3) is 4.60. The Labute approximate surface area is 151 Å². The molecule has 0 aliphatic carbocycles. The summed E-state index contributed by atoms with van der Waals surface area (Å²) in [6, 6.07) is 8.50. The maximum atomic E-state index is 12.8. The van der Waals surface area contributed by atoms with Gasteiger partial charge in [0.05, 0.1) is 12.2 Å². The van der Waals surface area contributed by atoms with E-state index in [-0.39, 0.29) is 18.1 Å². The number of hydrogen-bond acceptors (Lipinski definition) is 4. The number of amides is 1. The first-order chi connectivity index (χ1) is 12.1. The van der Waals surface area contributed by atoms with Crippen LogP contribution in [0.5, 0.6) is 0 Å². The summed E-state index contributed by atoms with van der Waals surface area (Å²) >= 11 is 0. The molecule has 0 radical (unpaired) electrons. The summed E-state index contributed by atoms with van der Waals surface area (Å²) in [6.07, 6.45) is 2.76. The molecule has 1 aromatic rings. The Morgan fingerprint density at radius 2 is 1.88 bits per heavy atom. The number of nitrogens with zero attached hydrogens (tertiary/aromatic N) is 2. The van der Waals surface area contributed by atoms with E-state index < -0.39 is 0 Å². The number of carbonyl (C=O) groups is 1. The third-order valence-corrected chi connectivity index (χ3v) is 5.18. The van der Waals surface area contributed by atoms with Crippen molar-refractivity contribution in [2.24, 2.45) is 0 Å². The number of rotatable bonds is 5. The Balaban J connectivity index is 1.61. The molecular formula is C20H31N3O2. The van der Waals surface area contributed by atoms with Gasteiger partial charge in [-0.2, -0.15) is 0 Å². The normalized spacial score (nSPS) is 27.6. The molecule has 0 bridgehead atoms. The van der Waals surface area contributed by atoms with Crippen LogP contribution in [0.1, 0.15) is 42.6 Å². The number of likely N-dealkylation sites (tertiary alicyclic amines) is 1. The molecule has 2 heterocycles. The lowest BCUT2D eigenvalue weighted by molar-refractivity contribution is -0.0704. The maximum absolute atomic E-state index is 12.8. The molecule has 5 nitrogen and oxygen atoms in total. The molecule has 0 spiro atoms. The zero-order valence-electron chi connectivity index (χ0n) is 15.7. The summed E-state index contributed by atoms with van der Waals surface area (Å²) in [5.41, 5.74) is 2.06. The maximum Gasteiger partial charge on any atom is 0.254 e. The minimum Gasteiger partial charge on any atom is -0.373 e. The van der Waals surface area contributed by atoms with Crippen molar-refractivity contribution in [3.63, 3.8) is 0 Å². The average Bonchev–Trinajstić information content (AvgIpc) is 3.02. The average molecular weight is 345 g/mol. The molecule has 25 heavy (non-hydrogen) atoms. The molecule has 3 rings (SSSR count). The van der Waals surface area contributed by atoms with E-state index in [0.29, 0.717) is 6.04 Å². The standard InChI is InChI=1S/C20H31N3O2/c1-15-12-22(13-16(2)25-15)14-17-6-8-18(9-7-17)20(24)23-10-4-5-19(23)11-21-3/h6-9,15-16,19,21H,4-5,10-14H2,1-3H3. The Morgan fingerprint density at radius 1 is 1.20 bits per heavy atom. The highest BCUT2D eigenvalue weighted by molar-refractivity contribution is 5.94. The van der Waals surface area contributed by atoms with Crippen molar-refractivity contribution in [3.8, 4) is 0 Å². The van der Waals surface area contributed by atoms with Crippen molar-refractivity contribution in [2.45, 2.75) is 51.5 Å². The lowest BCUT2D eigenvalue weighted by Crippen LogP contribution is -2.44. The van der Waals surface area contributed by atoms with Crippen LogP contribution < -0.4 is 5.32 Å². The van der Waals surface area contributed by atoms with Crippen LogP contribution in [0.3, 0.4) is 0 Å². The van der Waals surface area contributed by atoms with Gasteiger partial charge in [-0.25, -0.2) is 0 Å². The quantitative estimate of drug-likeness (QED) is 0.888. The molecule has 0 aromatic heterocycles. The van der Waals surface area contributed by atoms with Crippen molar-refractivity contribution in [3.05, 3.63) is 35.4 Å². The highest BCUT2D eigenvalue weighted by Gasteiger charge is 2.28. The Morgan fingerprint density at radius 3 is 2.52 bits per heavy atom. The van der Waals surface area contributed by atoms with E-state index in [2.05, 4.69) is 36.2 Å². The summed E-state index contributed by atoms with van der Waals surface area (Å²) in [5, 5.41) is 3.20. The molecule has 3 atom stereocenters. The van der Waals surface area contributed by atoms with Crippen LogP contribution in [-0.2, 0) is 11.3 Å². The Hall–Kier alpha value is -1.43. The molecule has 2 saturated heterocycles. The summed E-state index contributed by atoms with van der Waals surface area (Å²) < 4.78 is 5.79. The zero-order chi connectivity index (χ0) is 17.8. The topological polar surface area (TPSA) is 44.8 Å². The molecule has 3 unspecified atom stereocenters. The second-order valence-corrected chi connectivity index (χ2v) is 7.50. The van der Waals surface area contributed by atoms with E-state index in [1.807, 2.05) is 24.1 Å². The number of carbonyl (C=O) groups excluding carboxylic acids is 1. The van der Waals surface area contributed by atoms with Crippen LogP contribution in [0.4, 0.5) is 0 Å². The van der Waals surface area contributed by atoms with Crippen LogP contribution in [-0.4, -0.2) is 67.2 Å². The SMILES string of the molecule is CNCC1CCCN1C(=O)c1ccc(CN2CC(C)OC(C)C2)cc1. The molecule has 2 fully saturated rings. The third-order valence-electron chi connectivity index (χ3n) is 5.18. The monoisotopic (exact) mass is 345 g/mol. The fourth-order valence-electron chi connectivity index (χ4n) is 4.14. The van der Waals surface area contributed by atoms with Crippen molar-refractivity contribution in [2.75, 3.05) is 33.2 Å². The van der Waals surface area contributed by atoms with Crippen molar-refractivity contribution in [1.82, 2.24) is 15.1 Å². The van der Waals surface area contributed by atoms with E-state index in [1.165, 1.54) is 5.56 Å². The van der Waals surface area contributed by atoms with E-state index >= 15 is 0 Å². The summed E-state index contributed by atoms with van der Waals surface area (Å²) in [7, 11) is 1.95. The number of ether oxygens (including phenoxy) is 1.